The second-order valence-electron chi connectivity index (χ2n) is 4.18. The Morgan fingerprint density at radius 1 is 1.33 bits per heavy atom. The number of thioether (sulfide) groups is 1. The van der Waals surface area contributed by atoms with Crippen molar-refractivity contribution >= 4 is 29.2 Å². The maximum atomic E-state index is 12.2. The van der Waals surface area contributed by atoms with E-state index >= 15 is 0 Å². The third-order valence-electron chi connectivity index (χ3n) is 3.03. The predicted molar refractivity (Wildman–Crippen MR) is 78.2 cm³/mol. The van der Waals surface area contributed by atoms with Gasteiger partial charge in [-0.25, -0.2) is 4.79 Å². The summed E-state index contributed by atoms with van der Waals surface area (Å²) in [4.78, 5) is 15.9. The van der Waals surface area contributed by atoms with Gasteiger partial charge in [0, 0.05) is 25.4 Å². The van der Waals surface area contributed by atoms with Crippen molar-refractivity contribution in [3.63, 3.8) is 0 Å². The fourth-order valence-corrected chi connectivity index (χ4v) is 2.70. The molecule has 1 fully saturated rings. The Morgan fingerprint density at radius 2 is 2.11 bits per heavy atom. The number of nitrogens with two attached hydrogens (primary N) is 1. The molecule has 4 nitrogen and oxygen atoms in total. The van der Waals surface area contributed by atoms with Crippen LogP contribution >= 0.6 is 11.8 Å². The van der Waals surface area contributed by atoms with Gasteiger partial charge in [-0.05, 0) is 17.9 Å². The average molecular weight is 265 g/mol. The summed E-state index contributed by atoms with van der Waals surface area (Å²) in [6, 6.07) is 7.60. The molecule has 0 aromatic heterocycles. The molecular formula is C13H19N3OS. The quantitative estimate of drug-likeness (QED) is 0.656. The van der Waals surface area contributed by atoms with Crippen LogP contribution in [0, 0.1) is 0 Å². The number of benzene rings is 1. The number of hydrogen-bond donors (Lipinski definition) is 1. The van der Waals surface area contributed by atoms with Crippen LogP contribution in [0.2, 0.25) is 0 Å². The van der Waals surface area contributed by atoms with Gasteiger partial charge in [0.15, 0.2) is 0 Å². The van der Waals surface area contributed by atoms with E-state index in [1.165, 1.54) is 0 Å². The van der Waals surface area contributed by atoms with Gasteiger partial charge in [0.05, 0.1) is 11.4 Å². The van der Waals surface area contributed by atoms with E-state index in [4.69, 9.17) is 5.73 Å². The van der Waals surface area contributed by atoms with Crippen molar-refractivity contribution in [1.82, 2.24) is 4.90 Å². The number of anilines is 2. The third kappa shape index (κ3) is 2.72. The topological polar surface area (TPSA) is 49.6 Å². The molecule has 0 aliphatic carbocycles. The van der Waals surface area contributed by atoms with Gasteiger partial charge >= 0.3 is 6.03 Å². The molecule has 1 aromatic carbocycles. The van der Waals surface area contributed by atoms with Gasteiger partial charge in [-0.1, -0.05) is 19.1 Å². The van der Waals surface area contributed by atoms with E-state index in [9.17, 15) is 4.79 Å². The number of urea groups is 1. The molecule has 1 aromatic rings. The standard InChI is InChI=1S/C13H19N3OS/c1-2-18-10-9-15-7-8-16(13(15)17)12-6-4-3-5-11(12)14/h3-6H,2,7-10,14H2,1H3. The molecule has 98 valence electrons. The zero-order valence-corrected chi connectivity index (χ0v) is 11.4. The monoisotopic (exact) mass is 265 g/mol. The molecule has 2 amide bonds. The van der Waals surface area contributed by atoms with Crippen molar-refractivity contribution in [1.29, 1.82) is 0 Å². The number of amides is 2. The Morgan fingerprint density at radius 3 is 2.83 bits per heavy atom. The average Bonchev–Trinajstić information content (AvgIpc) is 2.72. The molecule has 18 heavy (non-hydrogen) atoms. The van der Waals surface area contributed by atoms with Gasteiger partial charge in [-0.3, -0.25) is 4.90 Å². The van der Waals surface area contributed by atoms with Crippen LogP contribution < -0.4 is 10.6 Å². The first-order valence-corrected chi connectivity index (χ1v) is 7.38. The zero-order valence-electron chi connectivity index (χ0n) is 10.6. The van der Waals surface area contributed by atoms with Gasteiger partial charge in [-0.15, -0.1) is 0 Å². The van der Waals surface area contributed by atoms with Crippen LogP contribution in [0.3, 0.4) is 0 Å². The molecule has 0 saturated carbocycles. The number of rotatable bonds is 5. The molecule has 2 rings (SSSR count). The number of para-hydroxylation sites is 2. The van der Waals surface area contributed by atoms with Crippen LogP contribution in [0.4, 0.5) is 16.2 Å². The van der Waals surface area contributed by atoms with E-state index in [0.29, 0.717) is 5.69 Å². The Labute approximate surface area is 112 Å². The highest BCUT2D eigenvalue weighted by atomic mass is 32.2. The summed E-state index contributed by atoms with van der Waals surface area (Å²) < 4.78 is 0. The molecular weight excluding hydrogens is 246 g/mol. The van der Waals surface area contributed by atoms with Crippen molar-refractivity contribution in [3.05, 3.63) is 24.3 Å². The normalized spacial score (nSPS) is 15.5. The summed E-state index contributed by atoms with van der Waals surface area (Å²) in [6.45, 7) is 4.47. The lowest BCUT2D eigenvalue weighted by Crippen LogP contribution is -2.33. The van der Waals surface area contributed by atoms with Crippen LogP contribution in [0.1, 0.15) is 6.92 Å². The molecule has 1 saturated heterocycles. The van der Waals surface area contributed by atoms with Crippen molar-refractivity contribution < 1.29 is 4.79 Å². The van der Waals surface area contributed by atoms with E-state index < -0.39 is 0 Å². The molecule has 1 heterocycles. The summed E-state index contributed by atoms with van der Waals surface area (Å²) in [5.74, 6) is 2.09. The first-order chi connectivity index (χ1) is 8.74. The van der Waals surface area contributed by atoms with Gasteiger partial charge in [0.2, 0.25) is 0 Å². The van der Waals surface area contributed by atoms with Crippen molar-refractivity contribution in [2.75, 3.05) is 41.8 Å². The van der Waals surface area contributed by atoms with Gasteiger partial charge in [0.1, 0.15) is 0 Å². The second-order valence-corrected chi connectivity index (χ2v) is 5.57. The fraction of sp³-hybridized carbons (Fsp3) is 0.462. The lowest BCUT2D eigenvalue weighted by molar-refractivity contribution is 0.223. The largest absolute Gasteiger partial charge is 0.397 e. The number of nitrogens with zero attached hydrogens (tertiary/aromatic N) is 2. The van der Waals surface area contributed by atoms with Gasteiger partial charge < -0.3 is 10.6 Å². The van der Waals surface area contributed by atoms with Crippen LogP contribution in [0.5, 0.6) is 0 Å². The van der Waals surface area contributed by atoms with E-state index in [1.54, 1.807) is 4.90 Å². The van der Waals surface area contributed by atoms with Crippen molar-refractivity contribution in [2.45, 2.75) is 6.92 Å². The minimum atomic E-state index is 0.0737. The van der Waals surface area contributed by atoms with Crippen LogP contribution in [0.25, 0.3) is 0 Å². The molecule has 0 unspecified atom stereocenters. The Balaban J connectivity index is 2.01. The lowest BCUT2D eigenvalue weighted by Gasteiger charge is -2.19. The summed E-state index contributed by atoms with van der Waals surface area (Å²) in [6.07, 6.45) is 0. The molecule has 1 aliphatic rings. The molecule has 0 atom stereocenters. The summed E-state index contributed by atoms with van der Waals surface area (Å²) >= 11 is 1.86. The molecule has 0 spiro atoms. The molecule has 5 heteroatoms. The van der Waals surface area contributed by atoms with Gasteiger partial charge in [-0.2, -0.15) is 11.8 Å². The Bertz CT molecular complexity index is 424. The molecule has 1 aliphatic heterocycles. The maximum Gasteiger partial charge on any atom is 0.324 e. The SMILES string of the molecule is CCSCCN1CCN(c2ccccc2N)C1=O. The number of nitrogen functional groups attached to an aromatic ring is 1. The summed E-state index contributed by atoms with van der Waals surface area (Å²) in [5, 5.41) is 0. The van der Waals surface area contributed by atoms with Crippen molar-refractivity contribution in [3.8, 4) is 0 Å². The lowest BCUT2D eigenvalue weighted by atomic mass is 10.2. The highest BCUT2D eigenvalue weighted by Crippen LogP contribution is 2.26. The Hall–Kier alpha value is -1.36. The Kier molecular flexibility index (Phi) is 4.36. The first kappa shape index (κ1) is 13.1. The third-order valence-corrected chi connectivity index (χ3v) is 3.91. The smallest absolute Gasteiger partial charge is 0.324 e. The molecule has 0 bridgehead atoms. The number of carbonyl (C=O) groups is 1. The second kappa shape index (κ2) is 6.00. The molecule has 0 radical (unpaired) electrons. The van der Waals surface area contributed by atoms with Crippen LogP contribution in [0.15, 0.2) is 24.3 Å². The predicted octanol–water partition coefficient (Wildman–Crippen LogP) is 2.26. The van der Waals surface area contributed by atoms with E-state index in [2.05, 4.69) is 6.92 Å². The van der Waals surface area contributed by atoms with E-state index in [0.717, 1.165) is 36.8 Å². The van der Waals surface area contributed by atoms with Crippen LogP contribution in [-0.2, 0) is 0 Å². The summed E-state index contributed by atoms with van der Waals surface area (Å²) in [7, 11) is 0. The zero-order chi connectivity index (χ0) is 13.0. The van der Waals surface area contributed by atoms with E-state index in [-0.39, 0.29) is 6.03 Å². The highest BCUT2D eigenvalue weighted by Gasteiger charge is 2.29. The van der Waals surface area contributed by atoms with Crippen LogP contribution in [-0.4, -0.2) is 42.1 Å². The minimum Gasteiger partial charge on any atom is -0.397 e. The van der Waals surface area contributed by atoms with Gasteiger partial charge in [0.25, 0.3) is 0 Å². The summed E-state index contributed by atoms with van der Waals surface area (Å²) in [5.41, 5.74) is 7.40. The number of hydrogen-bond acceptors (Lipinski definition) is 3. The van der Waals surface area contributed by atoms with Crippen molar-refractivity contribution in [2.24, 2.45) is 0 Å². The molecule has 2 N–H and O–H groups in total. The number of carbonyl (C=O) groups excluding carboxylic acids is 1. The fourth-order valence-electron chi connectivity index (χ4n) is 2.07. The maximum absolute atomic E-state index is 12.2. The highest BCUT2D eigenvalue weighted by molar-refractivity contribution is 7.99. The van der Waals surface area contributed by atoms with E-state index in [1.807, 2.05) is 40.9 Å². The minimum absolute atomic E-state index is 0.0737. The first-order valence-electron chi connectivity index (χ1n) is 6.22.